The highest BCUT2D eigenvalue weighted by Crippen LogP contribution is 2.13. The van der Waals surface area contributed by atoms with E-state index in [1.54, 1.807) is 24.3 Å². The summed E-state index contributed by atoms with van der Waals surface area (Å²) >= 11 is 0. The first-order valence-corrected chi connectivity index (χ1v) is 5.06. The Bertz CT molecular complexity index is 606. The zero-order chi connectivity index (χ0) is 13.0. The van der Waals surface area contributed by atoms with Crippen LogP contribution in [0.25, 0.3) is 0 Å². The zero-order valence-electron chi connectivity index (χ0n) is 9.51. The first-order chi connectivity index (χ1) is 8.69. The zero-order valence-corrected chi connectivity index (χ0v) is 9.51. The molecule has 7 nitrogen and oxygen atoms in total. The molecule has 0 saturated carbocycles. The standard InChI is InChI=1S/C11H10N4O3/c1-18-10(16)7-2-4-8(5-3-7)13-9-6-12-15-11(17)14-9/h2-6H,1H3,(H2,13,14,15,17). The number of H-pyrrole nitrogens is 1. The summed E-state index contributed by atoms with van der Waals surface area (Å²) < 4.78 is 4.58. The van der Waals surface area contributed by atoms with Gasteiger partial charge in [0.05, 0.1) is 18.9 Å². The Balaban J connectivity index is 2.16. The van der Waals surface area contributed by atoms with Gasteiger partial charge in [0.15, 0.2) is 5.82 Å². The van der Waals surface area contributed by atoms with E-state index in [0.717, 1.165) is 0 Å². The van der Waals surface area contributed by atoms with Crippen molar-refractivity contribution in [3.8, 4) is 0 Å². The van der Waals surface area contributed by atoms with Crippen LogP contribution in [0.4, 0.5) is 11.5 Å². The first kappa shape index (κ1) is 11.8. The average molecular weight is 246 g/mol. The maximum atomic E-state index is 11.2. The van der Waals surface area contributed by atoms with E-state index in [2.05, 4.69) is 25.2 Å². The molecule has 7 heteroatoms. The van der Waals surface area contributed by atoms with Crippen LogP contribution in [0, 0.1) is 0 Å². The van der Waals surface area contributed by atoms with Gasteiger partial charge in [0, 0.05) is 5.69 Å². The molecule has 2 rings (SSSR count). The van der Waals surface area contributed by atoms with Gasteiger partial charge in [0.1, 0.15) is 0 Å². The molecule has 2 aromatic rings. The van der Waals surface area contributed by atoms with Crippen molar-refractivity contribution in [1.29, 1.82) is 0 Å². The highest BCUT2D eigenvalue weighted by Gasteiger charge is 2.04. The Kier molecular flexibility index (Phi) is 3.33. The average Bonchev–Trinajstić information content (AvgIpc) is 2.39. The Hall–Kier alpha value is -2.70. The molecule has 1 aromatic heterocycles. The van der Waals surface area contributed by atoms with Crippen molar-refractivity contribution < 1.29 is 9.53 Å². The summed E-state index contributed by atoms with van der Waals surface area (Å²) in [6.45, 7) is 0. The summed E-state index contributed by atoms with van der Waals surface area (Å²) in [5, 5.41) is 8.66. The Labute approximate surface area is 102 Å². The lowest BCUT2D eigenvalue weighted by Crippen LogP contribution is -2.13. The van der Waals surface area contributed by atoms with E-state index < -0.39 is 11.7 Å². The van der Waals surface area contributed by atoms with Crippen molar-refractivity contribution in [2.45, 2.75) is 0 Å². The van der Waals surface area contributed by atoms with Gasteiger partial charge in [-0.05, 0) is 24.3 Å². The largest absolute Gasteiger partial charge is 0.465 e. The van der Waals surface area contributed by atoms with Gasteiger partial charge >= 0.3 is 11.7 Å². The molecule has 0 aliphatic heterocycles. The number of benzene rings is 1. The van der Waals surface area contributed by atoms with Crippen LogP contribution in [-0.2, 0) is 4.74 Å². The summed E-state index contributed by atoms with van der Waals surface area (Å²) in [5.41, 5.74) is 0.591. The van der Waals surface area contributed by atoms with Crippen LogP contribution < -0.4 is 11.0 Å². The van der Waals surface area contributed by atoms with Crippen LogP contribution in [0.15, 0.2) is 35.3 Å². The predicted molar refractivity (Wildman–Crippen MR) is 63.7 cm³/mol. The monoisotopic (exact) mass is 246 g/mol. The fraction of sp³-hybridized carbons (Fsp3) is 0.0909. The van der Waals surface area contributed by atoms with E-state index in [4.69, 9.17) is 0 Å². The molecular weight excluding hydrogens is 236 g/mol. The number of esters is 1. The third-order valence-electron chi connectivity index (χ3n) is 2.15. The quantitative estimate of drug-likeness (QED) is 0.773. The molecule has 0 spiro atoms. The van der Waals surface area contributed by atoms with E-state index in [-0.39, 0.29) is 0 Å². The predicted octanol–water partition coefficient (Wildman–Crippen LogP) is 0.695. The Morgan fingerprint density at radius 2 is 2.06 bits per heavy atom. The minimum atomic E-state index is -0.536. The minimum absolute atomic E-state index is 0.324. The van der Waals surface area contributed by atoms with E-state index in [1.807, 2.05) is 0 Å². The molecule has 0 radical (unpaired) electrons. The number of hydrogen-bond acceptors (Lipinski definition) is 6. The molecule has 2 N–H and O–H groups in total. The van der Waals surface area contributed by atoms with Crippen molar-refractivity contribution in [1.82, 2.24) is 15.2 Å². The summed E-state index contributed by atoms with van der Waals surface area (Å²) in [7, 11) is 1.32. The Morgan fingerprint density at radius 1 is 1.33 bits per heavy atom. The van der Waals surface area contributed by atoms with Crippen LogP contribution in [0.3, 0.4) is 0 Å². The number of aromatic amines is 1. The van der Waals surface area contributed by atoms with Gasteiger partial charge in [-0.1, -0.05) is 0 Å². The molecule has 0 aliphatic rings. The number of ether oxygens (including phenoxy) is 1. The highest BCUT2D eigenvalue weighted by molar-refractivity contribution is 5.89. The summed E-state index contributed by atoms with van der Waals surface area (Å²) in [5.74, 6) is -0.0814. The molecule has 0 bridgehead atoms. The van der Waals surface area contributed by atoms with Crippen LogP contribution in [0.2, 0.25) is 0 Å². The lowest BCUT2D eigenvalue weighted by atomic mass is 10.2. The number of carbonyl (C=O) groups excluding carboxylic acids is 1. The molecule has 92 valence electrons. The minimum Gasteiger partial charge on any atom is -0.465 e. The van der Waals surface area contributed by atoms with Gasteiger partial charge < -0.3 is 10.1 Å². The van der Waals surface area contributed by atoms with Crippen molar-refractivity contribution in [2.75, 3.05) is 12.4 Å². The lowest BCUT2D eigenvalue weighted by Gasteiger charge is -2.04. The number of aromatic nitrogens is 3. The van der Waals surface area contributed by atoms with Crippen molar-refractivity contribution >= 4 is 17.5 Å². The molecule has 18 heavy (non-hydrogen) atoms. The first-order valence-electron chi connectivity index (χ1n) is 5.06. The second-order valence-corrected chi connectivity index (χ2v) is 3.37. The van der Waals surface area contributed by atoms with E-state index in [1.165, 1.54) is 13.3 Å². The van der Waals surface area contributed by atoms with Gasteiger partial charge in [-0.3, -0.25) is 0 Å². The Morgan fingerprint density at radius 3 is 2.67 bits per heavy atom. The summed E-state index contributed by atoms with van der Waals surface area (Å²) in [4.78, 5) is 25.8. The summed E-state index contributed by atoms with van der Waals surface area (Å²) in [6, 6.07) is 6.56. The third-order valence-corrected chi connectivity index (χ3v) is 2.15. The van der Waals surface area contributed by atoms with E-state index in [9.17, 15) is 9.59 Å². The lowest BCUT2D eigenvalue weighted by molar-refractivity contribution is 0.0601. The fourth-order valence-corrected chi connectivity index (χ4v) is 1.33. The molecule has 0 fully saturated rings. The molecule has 0 unspecified atom stereocenters. The maximum Gasteiger partial charge on any atom is 0.363 e. The maximum absolute atomic E-state index is 11.2. The number of nitrogens with one attached hydrogen (secondary N) is 2. The number of hydrogen-bond donors (Lipinski definition) is 2. The van der Waals surface area contributed by atoms with Gasteiger partial charge in [-0.15, -0.1) is 0 Å². The number of anilines is 2. The van der Waals surface area contributed by atoms with Crippen molar-refractivity contribution in [3.05, 3.63) is 46.5 Å². The highest BCUT2D eigenvalue weighted by atomic mass is 16.5. The SMILES string of the molecule is COC(=O)c1ccc(Nc2cn[nH]c(=O)n2)cc1. The third kappa shape index (κ3) is 2.70. The van der Waals surface area contributed by atoms with Crippen LogP contribution in [0.5, 0.6) is 0 Å². The number of methoxy groups -OCH3 is 1. The number of carbonyl (C=O) groups is 1. The van der Waals surface area contributed by atoms with E-state index >= 15 is 0 Å². The summed E-state index contributed by atoms with van der Waals surface area (Å²) in [6.07, 6.45) is 1.38. The molecule has 0 atom stereocenters. The van der Waals surface area contributed by atoms with Crippen LogP contribution >= 0.6 is 0 Å². The van der Waals surface area contributed by atoms with Gasteiger partial charge in [0.25, 0.3) is 0 Å². The second kappa shape index (κ2) is 5.09. The smallest absolute Gasteiger partial charge is 0.363 e. The molecule has 1 heterocycles. The molecule has 0 saturated heterocycles. The van der Waals surface area contributed by atoms with Crippen LogP contribution in [-0.4, -0.2) is 28.3 Å². The number of rotatable bonds is 3. The molecule has 1 aromatic carbocycles. The van der Waals surface area contributed by atoms with Crippen molar-refractivity contribution in [3.63, 3.8) is 0 Å². The normalized spacial score (nSPS) is 9.83. The number of nitrogens with zero attached hydrogens (tertiary/aromatic N) is 2. The molecular formula is C11H10N4O3. The molecule has 0 aliphatic carbocycles. The topological polar surface area (TPSA) is 97.0 Å². The van der Waals surface area contributed by atoms with Gasteiger partial charge in [-0.25, -0.2) is 14.7 Å². The molecule has 0 amide bonds. The van der Waals surface area contributed by atoms with Crippen LogP contribution in [0.1, 0.15) is 10.4 Å². The van der Waals surface area contributed by atoms with Gasteiger partial charge in [-0.2, -0.15) is 10.1 Å². The second-order valence-electron chi connectivity index (χ2n) is 3.37. The fourth-order valence-electron chi connectivity index (χ4n) is 1.33. The van der Waals surface area contributed by atoms with Gasteiger partial charge in [0.2, 0.25) is 0 Å². The van der Waals surface area contributed by atoms with E-state index in [0.29, 0.717) is 17.1 Å². The van der Waals surface area contributed by atoms with Crippen molar-refractivity contribution in [2.24, 2.45) is 0 Å².